The molecule has 0 aliphatic carbocycles. The number of rotatable bonds is 7. The van der Waals surface area contributed by atoms with Gasteiger partial charge in [0.15, 0.2) is 0 Å². The molecule has 0 aromatic carbocycles. The second kappa shape index (κ2) is 8.26. The summed E-state index contributed by atoms with van der Waals surface area (Å²) in [6.07, 6.45) is 10.3. The number of hydrogen-bond acceptors (Lipinski definition) is 5. The van der Waals surface area contributed by atoms with E-state index in [9.17, 15) is 0 Å². The minimum atomic E-state index is 0.431. The zero-order valence-electron chi connectivity index (χ0n) is 11.7. The fourth-order valence-corrected chi connectivity index (χ4v) is 1.61. The highest BCUT2D eigenvalue weighted by Crippen LogP contribution is 2.07. The van der Waals surface area contributed by atoms with Crippen LogP contribution in [-0.2, 0) is 4.84 Å². The molecule has 0 saturated carbocycles. The summed E-state index contributed by atoms with van der Waals surface area (Å²) in [5.41, 5.74) is 3.88. The van der Waals surface area contributed by atoms with Crippen molar-refractivity contribution in [3.8, 4) is 0 Å². The van der Waals surface area contributed by atoms with E-state index in [0.29, 0.717) is 17.4 Å². The smallest absolute Gasteiger partial charge is 0.123 e. The van der Waals surface area contributed by atoms with Gasteiger partial charge in [-0.2, -0.15) is 5.48 Å². The summed E-state index contributed by atoms with van der Waals surface area (Å²) in [7, 11) is 1.69. The van der Waals surface area contributed by atoms with E-state index in [0.717, 1.165) is 18.5 Å². The average molecular weight is 262 g/mol. The minimum absolute atomic E-state index is 0.431. The second-order valence-electron chi connectivity index (χ2n) is 4.38. The van der Waals surface area contributed by atoms with Gasteiger partial charge in [-0.05, 0) is 25.8 Å². The molecule has 104 valence electrons. The van der Waals surface area contributed by atoms with E-state index in [1.54, 1.807) is 20.0 Å². The van der Waals surface area contributed by atoms with Crippen molar-refractivity contribution in [1.29, 1.82) is 5.41 Å². The zero-order valence-corrected chi connectivity index (χ0v) is 11.7. The van der Waals surface area contributed by atoms with Gasteiger partial charge in [-0.25, -0.2) is 0 Å². The first-order valence-electron chi connectivity index (χ1n) is 6.32. The van der Waals surface area contributed by atoms with Crippen molar-refractivity contribution >= 4 is 11.9 Å². The van der Waals surface area contributed by atoms with Crippen LogP contribution in [0.4, 0.5) is 0 Å². The third-order valence-corrected chi connectivity index (χ3v) is 2.69. The highest BCUT2D eigenvalue weighted by atomic mass is 16.6. The number of nitrogens with one attached hydrogen (secondary N) is 3. The molecule has 1 atom stereocenters. The van der Waals surface area contributed by atoms with Gasteiger partial charge in [0.25, 0.3) is 0 Å². The van der Waals surface area contributed by atoms with Crippen LogP contribution in [0.5, 0.6) is 0 Å². The number of hydrogen-bond donors (Lipinski definition) is 3. The van der Waals surface area contributed by atoms with Gasteiger partial charge in [0.2, 0.25) is 0 Å². The molecule has 1 aliphatic rings. The third-order valence-electron chi connectivity index (χ3n) is 2.69. The monoisotopic (exact) mass is 262 g/mol. The number of hydroxylamine groups is 1. The maximum Gasteiger partial charge on any atom is 0.123 e. The summed E-state index contributed by atoms with van der Waals surface area (Å²) in [5.74, 6) is 1.13. The Morgan fingerprint density at radius 1 is 1.53 bits per heavy atom. The molecule has 0 amide bonds. The van der Waals surface area contributed by atoms with Gasteiger partial charge in [0.05, 0.1) is 5.71 Å². The van der Waals surface area contributed by atoms with Crippen LogP contribution in [0.3, 0.4) is 0 Å². The Morgan fingerprint density at radius 2 is 2.32 bits per heavy atom. The van der Waals surface area contributed by atoms with Gasteiger partial charge in [-0.3, -0.25) is 4.99 Å². The predicted octanol–water partition coefficient (Wildman–Crippen LogP) is 2.16. The van der Waals surface area contributed by atoms with Crippen LogP contribution in [0.15, 0.2) is 40.9 Å². The van der Waals surface area contributed by atoms with Crippen LogP contribution in [0.2, 0.25) is 0 Å². The topological polar surface area (TPSA) is 69.5 Å². The SMILES string of the molecule is CNO/C(C)=C/C(=N)/C(C)=C/NCC1C=CN=CC1. The molecule has 0 spiro atoms. The van der Waals surface area contributed by atoms with E-state index in [-0.39, 0.29) is 0 Å². The lowest BCUT2D eigenvalue weighted by Crippen LogP contribution is -2.19. The standard InChI is InChI=1S/C14H22N4O/c1-11(14(15)8-12(2)19-16-3)9-18-10-13-4-6-17-7-5-13/h4,6-9,13,15-16,18H,5,10H2,1-3H3/b11-9+,12-8+,15-14?. The van der Waals surface area contributed by atoms with Crippen LogP contribution in [0, 0.1) is 11.3 Å². The normalized spacial score (nSPS) is 19.4. The third kappa shape index (κ3) is 6.01. The van der Waals surface area contributed by atoms with E-state index in [4.69, 9.17) is 10.2 Å². The summed E-state index contributed by atoms with van der Waals surface area (Å²) in [6, 6.07) is 0. The Bertz CT molecular complexity index is 421. The molecule has 0 aromatic heterocycles. The maximum atomic E-state index is 7.90. The average Bonchev–Trinajstić information content (AvgIpc) is 2.40. The number of nitrogens with zero attached hydrogens (tertiary/aromatic N) is 1. The molecule has 1 unspecified atom stereocenters. The van der Waals surface area contributed by atoms with E-state index >= 15 is 0 Å². The molecular weight excluding hydrogens is 240 g/mol. The molecule has 0 aromatic rings. The first kappa shape index (κ1) is 15.2. The quantitative estimate of drug-likeness (QED) is 0.374. The fourth-order valence-electron chi connectivity index (χ4n) is 1.61. The summed E-state index contributed by atoms with van der Waals surface area (Å²) < 4.78 is 0. The number of aliphatic imine (C=N–C) groups is 1. The van der Waals surface area contributed by atoms with Gasteiger partial charge >= 0.3 is 0 Å². The molecule has 5 nitrogen and oxygen atoms in total. The molecule has 0 radical (unpaired) electrons. The van der Waals surface area contributed by atoms with Crippen LogP contribution in [-0.4, -0.2) is 25.5 Å². The van der Waals surface area contributed by atoms with Crippen LogP contribution < -0.4 is 10.8 Å². The highest BCUT2D eigenvalue weighted by molar-refractivity contribution is 6.05. The van der Waals surface area contributed by atoms with Gasteiger partial charge in [-0.1, -0.05) is 6.08 Å². The van der Waals surface area contributed by atoms with E-state index < -0.39 is 0 Å². The maximum absolute atomic E-state index is 7.90. The van der Waals surface area contributed by atoms with Gasteiger partial charge < -0.3 is 15.6 Å². The number of allylic oxidation sites excluding steroid dienone is 3. The zero-order chi connectivity index (χ0) is 14.1. The Morgan fingerprint density at radius 3 is 2.95 bits per heavy atom. The lowest BCUT2D eigenvalue weighted by Gasteiger charge is -2.12. The fraction of sp³-hybridized carbons (Fsp3) is 0.429. The summed E-state index contributed by atoms with van der Waals surface area (Å²) in [6.45, 7) is 4.55. The minimum Gasteiger partial charge on any atom is -0.414 e. The molecule has 19 heavy (non-hydrogen) atoms. The molecule has 1 rings (SSSR count). The van der Waals surface area contributed by atoms with Crippen molar-refractivity contribution in [2.75, 3.05) is 13.6 Å². The van der Waals surface area contributed by atoms with Crippen LogP contribution in [0.25, 0.3) is 0 Å². The van der Waals surface area contributed by atoms with E-state index in [1.807, 2.05) is 25.5 Å². The summed E-state index contributed by atoms with van der Waals surface area (Å²) in [4.78, 5) is 9.10. The van der Waals surface area contributed by atoms with Gasteiger partial charge in [0.1, 0.15) is 5.76 Å². The van der Waals surface area contributed by atoms with Crippen molar-refractivity contribution in [3.63, 3.8) is 0 Å². The van der Waals surface area contributed by atoms with Crippen molar-refractivity contribution in [3.05, 3.63) is 35.9 Å². The Kier molecular flexibility index (Phi) is 6.60. The Labute approximate surface area is 114 Å². The van der Waals surface area contributed by atoms with E-state index in [2.05, 4.69) is 21.9 Å². The molecule has 3 N–H and O–H groups in total. The molecular formula is C14H22N4O. The first-order chi connectivity index (χ1) is 9.13. The van der Waals surface area contributed by atoms with Crippen molar-refractivity contribution in [1.82, 2.24) is 10.8 Å². The van der Waals surface area contributed by atoms with Crippen LogP contribution in [0.1, 0.15) is 20.3 Å². The van der Waals surface area contributed by atoms with Crippen molar-refractivity contribution in [2.45, 2.75) is 20.3 Å². The highest BCUT2D eigenvalue weighted by Gasteiger charge is 2.04. The van der Waals surface area contributed by atoms with Crippen molar-refractivity contribution < 1.29 is 4.84 Å². The van der Waals surface area contributed by atoms with Gasteiger partial charge in [0, 0.05) is 44.2 Å². The molecule has 0 fully saturated rings. The first-order valence-corrected chi connectivity index (χ1v) is 6.32. The largest absolute Gasteiger partial charge is 0.414 e. The van der Waals surface area contributed by atoms with Crippen LogP contribution >= 0.6 is 0 Å². The van der Waals surface area contributed by atoms with Crippen molar-refractivity contribution in [2.24, 2.45) is 10.9 Å². The molecule has 5 heteroatoms. The molecule has 0 bridgehead atoms. The lowest BCUT2D eigenvalue weighted by atomic mass is 10.1. The summed E-state index contributed by atoms with van der Waals surface area (Å²) in [5, 5.41) is 11.1. The molecule has 1 heterocycles. The Balaban J connectivity index is 2.39. The van der Waals surface area contributed by atoms with Gasteiger partial charge in [-0.15, -0.1) is 0 Å². The van der Waals surface area contributed by atoms with E-state index in [1.165, 1.54) is 0 Å². The molecule has 0 saturated heterocycles. The Hall–Kier alpha value is -1.88. The molecule has 1 aliphatic heterocycles. The lowest BCUT2D eigenvalue weighted by molar-refractivity contribution is 0.128. The summed E-state index contributed by atoms with van der Waals surface area (Å²) >= 11 is 0. The second-order valence-corrected chi connectivity index (χ2v) is 4.38. The predicted molar refractivity (Wildman–Crippen MR) is 79.1 cm³/mol.